The Morgan fingerprint density at radius 1 is 1.07 bits per heavy atom. The van der Waals surface area contributed by atoms with Crippen LogP contribution < -0.4 is 0 Å². The molecule has 0 aliphatic rings. The standard InChI is InChI=1S/C13H27NO/c1-8-13(7,9-2)12(15)14(10(3)4)11(5)6/h10-11H,8-9H2,1-7H3. The molecule has 0 heterocycles. The number of rotatable bonds is 5. The van der Waals surface area contributed by atoms with Crippen molar-refractivity contribution in [1.29, 1.82) is 0 Å². The molecule has 0 aliphatic heterocycles. The van der Waals surface area contributed by atoms with Gasteiger partial charge in [-0.3, -0.25) is 4.79 Å². The summed E-state index contributed by atoms with van der Waals surface area (Å²) in [6.45, 7) is 14.6. The van der Waals surface area contributed by atoms with Crippen molar-refractivity contribution in [1.82, 2.24) is 4.90 Å². The van der Waals surface area contributed by atoms with Gasteiger partial charge in [-0.15, -0.1) is 0 Å². The molecule has 1 amide bonds. The maximum atomic E-state index is 12.4. The number of hydrogen-bond donors (Lipinski definition) is 0. The van der Waals surface area contributed by atoms with Gasteiger partial charge in [-0.1, -0.05) is 20.8 Å². The molecular formula is C13H27NO. The van der Waals surface area contributed by atoms with Crippen LogP contribution in [0.2, 0.25) is 0 Å². The number of amides is 1. The average Bonchev–Trinajstić information content (AvgIpc) is 2.15. The lowest BCUT2D eigenvalue weighted by atomic mass is 9.82. The second kappa shape index (κ2) is 5.53. The third-order valence-corrected chi connectivity index (χ3v) is 3.42. The van der Waals surface area contributed by atoms with E-state index in [9.17, 15) is 4.79 Å². The first-order chi connectivity index (χ1) is 6.80. The van der Waals surface area contributed by atoms with Gasteiger partial charge in [0, 0.05) is 17.5 Å². The first-order valence-electron chi connectivity index (χ1n) is 6.12. The van der Waals surface area contributed by atoms with Crippen LogP contribution in [0.4, 0.5) is 0 Å². The number of nitrogens with zero attached hydrogens (tertiary/aromatic N) is 1. The lowest BCUT2D eigenvalue weighted by Gasteiger charge is -2.38. The summed E-state index contributed by atoms with van der Waals surface area (Å²) >= 11 is 0. The molecule has 0 bridgehead atoms. The summed E-state index contributed by atoms with van der Waals surface area (Å²) in [4.78, 5) is 14.4. The number of carbonyl (C=O) groups excluding carboxylic acids is 1. The Morgan fingerprint density at radius 2 is 1.40 bits per heavy atom. The van der Waals surface area contributed by atoms with E-state index < -0.39 is 0 Å². The fourth-order valence-corrected chi connectivity index (χ4v) is 1.93. The van der Waals surface area contributed by atoms with Crippen molar-refractivity contribution in [3.05, 3.63) is 0 Å². The number of carbonyl (C=O) groups is 1. The summed E-state index contributed by atoms with van der Waals surface area (Å²) in [6, 6.07) is 0.574. The van der Waals surface area contributed by atoms with Gasteiger partial charge in [0.15, 0.2) is 0 Å². The molecule has 2 nitrogen and oxygen atoms in total. The van der Waals surface area contributed by atoms with Gasteiger partial charge in [-0.2, -0.15) is 0 Å². The van der Waals surface area contributed by atoms with E-state index >= 15 is 0 Å². The van der Waals surface area contributed by atoms with Crippen LogP contribution in [-0.4, -0.2) is 22.9 Å². The molecule has 0 aromatic rings. The Hall–Kier alpha value is -0.530. The molecule has 0 saturated heterocycles. The highest BCUT2D eigenvalue weighted by Gasteiger charge is 2.35. The first-order valence-corrected chi connectivity index (χ1v) is 6.12. The predicted octanol–water partition coefficient (Wildman–Crippen LogP) is 3.46. The van der Waals surface area contributed by atoms with Crippen molar-refractivity contribution in [3.63, 3.8) is 0 Å². The van der Waals surface area contributed by atoms with Crippen LogP contribution in [0.3, 0.4) is 0 Å². The Balaban J connectivity index is 4.93. The smallest absolute Gasteiger partial charge is 0.228 e. The average molecular weight is 213 g/mol. The molecule has 0 aromatic carbocycles. The Morgan fingerprint density at radius 3 is 1.60 bits per heavy atom. The normalized spacial score (nSPS) is 12.3. The Bertz CT molecular complexity index is 197. The van der Waals surface area contributed by atoms with Crippen LogP contribution in [0.15, 0.2) is 0 Å². The van der Waals surface area contributed by atoms with E-state index in [1.807, 2.05) is 4.90 Å². The van der Waals surface area contributed by atoms with Gasteiger partial charge in [0.05, 0.1) is 0 Å². The van der Waals surface area contributed by atoms with E-state index in [4.69, 9.17) is 0 Å². The second-order valence-corrected chi connectivity index (χ2v) is 5.17. The summed E-state index contributed by atoms with van der Waals surface area (Å²) in [5.41, 5.74) is -0.186. The van der Waals surface area contributed by atoms with Gasteiger partial charge in [-0.25, -0.2) is 0 Å². The van der Waals surface area contributed by atoms with Crippen LogP contribution in [0.1, 0.15) is 61.3 Å². The van der Waals surface area contributed by atoms with Gasteiger partial charge >= 0.3 is 0 Å². The van der Waals surface area contributed by atoms with Crippen LogP contribution in [0, 0.1) is 5.41 Å². The van der Waals surface area contributed by atoms with E-state index in [0.717, 1.165) is 12.8 Å². The highest BCUT2D eigenvalue weighted by atomic mass is 16.2. The van der Waals surface area contributed by atoms with Crippen LogP contribution in [0.5, 0.6) is 0 Å². The minimum atomic E-state index is -0.186. The highest BCUT2D eigenvalue weighted by Crippen LogP contribution is 2.29. The van der Waals surface area contributed by atoms with Crippen LogP contribution in [0.25, 0.3) is 0 Å². The first kappa shape index (κ1) is 14.5. The molecule has 0 fully saturated rings. The van der Waals surface area contributed by atoms with Gasteiger partial charge < -0.3 is 4.90 Å². The molecule has 0 unspecified atom stereocenters. The summed E-state index contributed by atoms with van der Waals surface area (Å²) < 4.78 is 0. The van der Waals surface area contributed by atoms with E-state index in [2.05, 4.69) is 48.5 Å². The van der Waals surface area contributed by atoms with Crippen LogP contribution in [-0.2, 0) is 4.79 Å². The summed E-state index contributed by atoms with van der Waals surface area (Å²) in [5.74, 6) is 0.303. The quantitative estimate of drug-likeness (QED) is 0.685. The zero-order chi connectivity index (χ0) is 12.2. The molecule has 0 aromatic heterocycles. The van der Waals surface area contributed by atoms with Crippen LogP contribution >= 0.6 is 0 Å². The molecule has 90 valence electrons. The molecule has 0 saturated carbocycles. The molecule has 15 heavy (non-hydrogen) atoms. The molecule has 0 N–H and O–H groups in total. The van der Waals surface area contributed by atoms with Crippen molar-refractivity contribution < 1.29 is 4.79 Å². The van der Waals surface area contributed by atoms with Crippen molar-refractivity contribution >= 4 is 5.91 Å². The van der Waals surface area contributed by atoms with E-state index in [-0.39, 0.29) is 17.5 Å². The monoisotopic (exact) mass is 213 g/mol. The highest BCUT2D eigenvalue weighted by molar-refractivity contribution is 5.82. The molecule has 0 atom stereocenters. The summed E-state index contributed by atoms with van der Waals surface area (Å²) in [5, 5.41) is 0. The lowest BCUT2D eigenvalue weighted by Crippen LogP contribution is -2.49. The third-order valence-electron chi connectivity index (χ3n) is 3.42. The van der Waals surface area contributed by atoms with Gasteiger partial charge in [0.2, 0.25) is 5.91 Å². The zero-order valence-corrected chi connectivity index (χ0v) is 11.4. The predicted molar refractivity (Wildman–Crippen MR) is 65.8 cm³/mol. The maximum Gasteiger partial charge on any atom is 0.228 e. The molecular weight excluding hydrogens is 186 g/mol. The summed E-state index contributed by atoms with van der Waals surface area (Å²) in [6.07, 6.45) is 1.83. The molecule has 2 heteroatoms. The van der Waals surface area contributed by atoms with E-state index in [0.29, 0.717) is 5.91 Å². The Labute approximate surface area is 95.0 Å². The topological polar surface area (TPSA) is 20.3 Å². The van der Waals surface area contributed by atoms with Gasteiger partial charge in [-0.05, 0) is 40.5 Å². The fourth-order valence-electron chi connectivity index (χ4n) is 1.93. The molecule has 0 spiro atoms. The lowest BCUT2D eigenvalue weighted by molar-refractivity contribution is -0.145. The van der Waals surface area contributed by atoms with Crippen molar-refractivity contribution in [2.75, 3.05) is 0 Å². The molecule has 0 rings (SSSR count). The van der Waals surface area contributed by atoms with E-state index in [1.165, 1.54) is 0 Å². The minimum absolute atomic E-state index is 0.186. The SMILES string of the molecule is CCC(C)(CC)C(=O)N(C(C)C)C(C)C. The molecule has 0 radical (unpaired) electrons. The second-order valence-electron chi connectivity index (χ2n) is 5.17. The molecule has 0 aliphatic carbocycles. The zero-order valence-electron chi connectivity index (χ0n) is 11.4. The van der Waals surface area contributed by atoms with E-state index in [1.54, 1.807) is 0 Å². The largest absolute Gasteiger partial charge is 0.337 e. The fraction of sp³-hybridized carbons (Fsp3) is 0.923. The van der Waals surface area contributed by atoms with Gasteiger partial charge in [0.1, 0.15) is 0 Å². The third kappa shape index (κ3) is 3.22. The number of hydrogen-bond acceptors (Lipinski definition) is 1. The van der Waals surface area contributed by atoms with Gasteiger partial charge in [0.25, 0.3) is 0 Å². The Kier molecular flexibility index (Phi) is 5.33. The van der Waals surface area contributed by atoms with Crippen molar-refractivity contribution in [2.45, 2.75) is 73.4 Å². The van der Waals surface area contributed by atoms with Crippen molar-refractivity contribution in [2.24, 2.45) is 5.41 Å². The summed E-state index contributed by atoms with van der Waals surface area (Å²) in [7, 11) is 0. The minimum Gasteiger partial charge on any atom is -0.337 e. The van der Waals surface area contributed by atoms with Crippen molar-refractivity contribution in [3.8, 4) is 0 Å². The maximum absolute atomic E-state index is 12.4.